The van der Waals surface area contributed by atoms with Crippen LogP contribution in [-0.4, -0.2) is 50.6 Å². The quantitative estimate of drug-likeness (QED) is 0.359. The summed E-state index contributed by atoms with van der Waals surface area (Å²) in [6.07, 6.45) is 2.46. The lowest BCUT2D eigenvalue weighted by Gasteiger charge is -2.34. The molecule has 2 aliphatic rings. The molecule has 25 heavy (non-hydrogen) atoms. The Morgan fingerprint density at radius 2 is 1.88 bits per heavy atom. The van der Waals surface area contributed by atoms with Gasteiger partial charge in [-0.15, -0.1) is 24.0 Å². The summed E-state index contributed by atoms with van der Waals surface area (Å²) in [6, 6.07) is 5.61. The normalized spacial score (nSPS) is 19.5. The zero-order chi connectivity index (χ0) is 16.8. The van der Waals surface area contributed by atoms with Crippen molar-refractivity contribution in [1.82, 2.24) is 0 Å². The summed E-state index contributed by atoms with van der Waals surface area (Å²) in [5.74, 6) is 1.78. The first-order chi connectivity index (χ1) is 11.7. The fraction of sp³-hybridized carbons (Fsp3) is 0.588. The molecule has 1 fully saturated rings. The number of anilines is 1. The molecule has 0 aliphatic carbocycles. The molecule has 1 aromatic rings. The third kappa shape index (κ3) is 5.35. The minimum atomic E-state index is -0.227. The van der Waals surface area contributed by atoms with Crippen LogP contribution < -0.4 is 20.5 Å². The number of aliphatic hydroxyl groups excluding tert-OH is 1. The Bertz CT molecular complexity index is 591. The fourth-order valence-electron chi connectivity index (χ4n) is 2.85. The Kier molecular flexibility index (Phi) is 7.57. The molecule has 0 atom stereocenters. The largest absolute Gasteiger partial charge is 0.490 e. The predicted octanol–water partition coefficient (Wildman–Crippen LogP) is 1.98. The molecule has 8 heteroatoms. The lowest BCUT2D eigenvalue weighted by molar-refractivity contribution is -0.0105. The number of nitrogens with two attached hydrogens (primary N) is 1. The lowest BCUT2D eigenvalue weighted by Crippen LogP contribution is -2.37. The molecular formula is C17H26IN3O4. The summed E-state index contributed by atoms with van der Waals surface area (Å²) in [5.41, 5.74) is 6.57. The summed E-state index contributed by atoms with van der Waals surface area (Å²) >= 11 is 0. The summed E-state index contributed by atoms with van der Waals surface area (Å²) in [7, 11) is 0. The van der Waals surface area contributed by atoms with Crippen molar-refractivity contribution in [3.05, 3.63) is 18.2 Å². The maximum Gasteiger partial charge on any atom is 0.193 e. The molecule has 0 amide bonds. The summed E-state index contributed by atoms with van der Waals surface area (Å²) in [5, 5.41) is 12.8. The number of rotatable bonds is 4. The molecule has 2 heterocycles. The van der Waals surface area contributed by atoms with Gasteiger partial charge in [0.15, 0.2) is 17.5 Å². The van der Waals surface area contributed by atoms with Gasteiger partial charge in [-0.25, -0.2) is 0 Å². The second-order valence-corrected chi connectivity index (χ2v) is 6.31. The summed E-state index contributed by atoms with van der Waals surface area (Å²) in [4.78, 5) is 4.41. The number of aliphatic imine (C=N–C) groups is 1. The van der Waals surface area contributed by atoms with E-state index in [-0.39, 0.29) is 36.0 Å². The van der Waals surface area contributed by atoms with Crippen molar-refractivity contribution in [2.24, 2.45) is 16.1 Å². The first-order valence-corrected chi connectivity index (χ1v) is 8.36. The number of nitrogens with zero attached hydrogens (tertiary/aromatic N) is 1. The van der Waals surface area contributed by atoms with Gasteiger partial charge in [-0.1, -0.05) is 0 Å². The van der Waals surface area contributed by atoms with Crippen molar-refractivity contribution >= 4 is 35.6 Å². The van der Waals surface area contributed by atoms with Crippen LogP contribution in [0.25, 0.3) is 0 Å². The molecule has 3 rings (SSSR count). The Hall–Kier alpha value is -1.26. The van der Waals surface area contributed by atoms with Crippen molar-refractivity contribution in [2.75, 3.05) is 44.9 Å². The molecule has 1 aromatic carbocycles. The zero-order valence-corrected chi connectivity index (χ0v) is 16.5. The Morgan fingerprint density at radius 1 is 1.16 bits per heavy atom. The molecule has 140 valence electrons. The van der Waals surface area contributed by atoms with Crippen LogP contribution in [0.5, 0.6) is 11.5 Å². The van der Waals surface area contributed by atoms with E-state index in [9.17, 15) is 5.11 Å². The van der Waals surface area contributed by atoms with E-state index in [0.717, 1.165) is 30.7 Å². The topological polar surface area (TPSA) is 98.3 Å². The number of aliphatic hydroxyl groups is 1. The van der Waals surface area contributed by atoms with Crippen LogP contribution in [0.2, 0.25) is 0 Å². The van der Waals surface area contributed by atoms with E-state index in [4.69, 9.17) is 19.9 Å². The first kappa shape index (κ1) is 20.1. The zero-order valence-electron chi connectivity index (χ0n) is 14.2. The molecule has 0 bridgehead atoms. The van der Waals surface area contributed by atoms with E-state index in [2.05, 4.69) is 10.3 Å². The van der Waals surface area contributed by atoms with Crippen molar-refractivity contribution in [1.29, 1.82) is 0 Å². The molecule has 0 radical (unpaired) electrons. The van der Waals surface area contributed by atoms with Crippen LogP contribution in [0, 0.1) is 5.41 Å². The Labute approximate surface area is 164 Å². The lowest BCUT2D eigenvalue weighted by atomic mass is 9.81. The molecule has 0 aromatic heterocycles. The van der Waals surface area contributed by atoms with E-state index in [1.807, 2.05) is 18.2 Å². The number of nitrogens with one attached hydrogen (secondary N) is 1. The number of benzene rings is 1. The second-order valence-electron chi connectivity index (χ2n) is 6.31. The minimum Gasteiger partial charge on any atom is -0.490 e. The summed E-state index contributed by atoms with van der Waals surface area (Å²) in [6.45, 7) is 3.20. The van der Waals surface area contributed by atoms with Gasteiger partial charge in [0.1, 0.15) is 0 Å². The third-order valence-electron chi connectivity index (χ3n) is 4.49. The second kappa shape index (κ2) is 9.44. The highest BCUT2D eigenvalue weighted by Gasteiger charge is 2.31. The van der Waals surface area contributed by atoms with Gasteiger partial charge in [0, 0.05) is 36.8 Å². The maximum absolute atomic E-state index is 9.69. The van der Waals surface area contributed by atoms with Crippen LogP contribution in [-0.2, 0) is 4.74 Å². The maximum atomic E-state index is 9.69. The van der Waals surface area contributed by atoms with Gasteiger partial charge in [0.2, 0.25) is 0 Å². The molecule has 1 saturated heterocycles. The average Bonchev–Trinajstić information content (AvgIpc) is 2.86. The van der Waals surface area contributed by atoms with Gasteiger partial charge in [-0.3, -0.25) is 4.99 Å². The summed E-state index contributed by atoms with van der Waals surface area (Å²) < 4.78 is 16.6. The monoisotopic (exact) mass is 463 g/mol. The van der Waals surface area contributed by atoms with Gasteiger partial charge in [0.25, 0.3) is 0 Å². The number of halogens is 1. The van der Waals surface area contributed by atoms with E-state index >= 15 is 0 Å². The molecule has 0 unspecified atom stereocenters. The van der Waals surface area contributed by atoms with Gasteiger partial charge < -0.3 is 30.4 Å². The predicted molar refractivity (Wildman–Crippen MR) is 107 cm³/mol. The number of guanidine groups is 1. The minimum absolute atomic E-state index is 0. The number of hydrogen-bond donors (Lipinski definition) is 3. The average molecular weight is 463 g/mol. The Balaban J connectivity index is 0.00000225. The van der Waals surface area contributed by atoms with E-state index in [0.29, 0.717) is 44.7 Å². The van der Waals surface area contributed by atoms with Crippen LogP contribution in [0.15, 0.2) is 23.2 Å². The van der Waals surface area contributed by atoms with Gasteiger partial charge >= 0.3 is 0 Å². The molecule has 2 aliphatic heterocycles. The smallest absolute Gasteiger partial charge is 0.193 e. The number of fused-ring (bicyclic) bond motifs is 1. The molecule has 0 saturated carbocycles. The van der Waals surface area contributed by atoms with Crippen molar-refractivity contribution in [3.63, 3.8) is 0 Å². The highest BCUT2D eigenvalue weighted by Crippen LogP contribution is 2.32. The van der Waals surface area contributed by atoms with Crippen LogP contribution in [0.3, 0.4) is 0 Å². The molecular weight excluding hydrogens is 437 g/mol. The Morgan fingerprint density at radius 3 is 2.60 bits per heavy atom. The first-order valence-electron chi connectivity index (χ1n) is 8.36. The number of ether oxygens (including phenoxy) is 3. The molecule has 7 nitrogen and oxygen atoms in total. The van der Waals surface area contributed by atoms with Gasteiger partial charge in [0.05, 0.1) is 26.4 Å². The standard InChI is InChI=1S/C17H25N3O4.HI/c18-16(19-11-17(12-21)4-8-22-9-5-17)20-13-2-3-14-15(10-13)24-7-1-6-23-14;/h2-3,10,21H,1,4-9,11-12H2,(H3,18,19,20);1H. The SMILES string of the molecule is I.NC(=NCC1(CO)CCOCC1)Nc1ccc2c(c1)OCCCO2. The highest BCUT2D eigenvalue weighted by atomic mass is 127. The third-order valence-corrected chi connectivity index (χ3v) is 4.49. The van der Waals surface area contributed by atoms with Gasteiger partial charge in [-0.05, 0) is 25.0 Å². The van der Waals surface area contributed by atoms with Crippen molar-refractivity contribution in [3.8, 4) is 11.5 Å². The number of hydrogen-bond acceptors (Lipinski definition) is 5. The van der Waals surface area contributed by atoms with E-state index in [1.165, 1.54) is 0 Å². The van der Waals surface area contributed by atoms with Crippen molar-refractivity contribution in [2.45, 2.75) is 19.3 Å². The fourth-order valence-corrected chi connectivity index (χ4v) is 2.85. The van der Waals surface area contributed by atoms with Crippen LogP contribution >= 0.6 is 24.0 Å². The highest BCUT2D eigenvalue weighted by molar-refractivity contribution is 14.0. The van der Waals surface area contributed by atoms with E-state index < -0.39 is 0 Å². The van der Waals surface area contributed by atoms with Crippen molar-refractivity contribution < 1.29 is 19.3 Å². The van der Waals surface area contributed by atoms with Crippen LogP contribution in [0.1, 0.15) is 19.3 Å². The van der Waals surface area contributed by atoms with E-state index in [1.54, 1.807) is 0 Å². The molecule has 0 spiro atoms. The van der Waals surface area contributed by atoms with Gasteiger partial charge in [-0.2, -0.15) is 0 Å². The molecule has 4 N–H and O–H groups in total. The van der Waals surface area contributed by atoms with Crippen LogP contribution in [0.4, 0.5) is 5.69 Å².